The molecule has 0 bridgehead atoms. The molecule has 1 rings (SSSR count). The highest BCUT2D eigenvalue weighted by Gasteiger charge is 2.29. The maximum atomic E-state index is 11.8. The molecule has 1 heterocycles. The van der Waals surface area contributed by atoms with Gasteiger partial charge in [0.15, 0.2) is 0 Å². The SMILES string of the molecule is CC(O)CC1CCCN1C(=O)NC(C)C. The zero-order chi connectivity index (χ0) is 11.4. The van der Waals surface area contributed by atoms with E-state index < -0.39 is 0 Å². The number of rotatable bonds is 3. The number of urea groups is 1. The Balaban J connectivity index is 2.48. The van der Waals surface area contributed by atoms with E-state index >= 15 is 0 Å². The van der Waals surface area contributed by atoms with Crippen molar-refractivity contribution in [3.05, 3.63) is 0 Å². The minimum atomic E-state index is -0.331. The predicted molar refractivity (Wildman–Crippen MR) is 59.7 cm³/mol. The summed E-state index contributed by atoms with van der Waals surface area (Å²) in [7, 11) is 0. The number of carbonyl (C=O) groups is 1. The molecule has 0 aromatic heterocycles. The van der Waals surface area contributed by atoms with Crippen LogP contribution in [0.15, 0.2) is 0 Å². The summed E-state index contributed by atoms with van der Waals surface area (Å²) >= 11 is 0. The van der Waals surface area contributed by atoms with Gasteiger partial charge < -0.3 is 15.3 Å². The van der Waals surface area contributed by atoms with Crippen LogP contribution in [0.1, 0.15) is 40.0 Å². The Bertz CT molecular complexity index is 217. The molecule has 2 unspecified atom stereocenters. The van der Waals surface area contributed by atoms with Crippen molar-refractivity contribution in [2.24, 2.45) is 0 Å². The Morgan fingerprint density at radius 1 is 1.53 bits per heavy atom. The second kappa shape index (κ2) is 5.35. The van der Waals surface area contributed by atoms with Gasteiger partial charge in [0.2, 0.25) is 0 Å². The summed E-state index contributed by atoms with van der Waals surface area (Å²) in [6, 6.07) is 0.391. The van der Waals surface area contributed by atoms with Crippen LogP contribution in [0, 0.1) is 0 Å². The molecular weight excluding hydrogens is 192 g/mol. The lowest BCUT2D eigenvalue weighted by molar-refractivity contribution is 0.137. The van der Waals surface area contributed by atoms with Gasteiger partial charge in [0.05, 0.1) is 6.10 Å². The molecule has 15 heavy (non-hydrogen) atoms. The molecule has 4 heteroatoms. The van der Waals surface area contributed by atoms with Crippen molar-refractivity contribution in [3.8, 4) is 0 Å². The second-order valence-corrected chi connectivity index (χ2v) is 4.68. The van der Waals surface area contributed by atoms with Gasteiger partial charge in [-0.2, -0.15) is 0 Å². The van der Waals surface area contributed by atoms with Crippen LogP contribution in [0.2, 0.25) is 0 Å². The molecule has 0 aromatic rings. The maximum absolute atomic E-state index is 11.8. The lowest BCUT2D eigenvalue weighted by Crippen LogP contribution is -2.45. The average molecular weight is 214 g/mol. The van der Waals surface area contributed by atoms with Gasteiger partial charge in [-0.1, -0.05) is 0 Å². The van der Waals surface area contributed by atoms with Crippen molar-refractivity contribution in [1.29, 1.82) is 0 Å². The lowest BCUT2D eigenvalue weighted by Gasteiger charge is -2.26. The Morgan fingerprint density at radius 2 is 2.20 bits per heavy atom. The number of aliphatic hydroxyl groups excluding tert-OH is 1. The van der Waals surface area contributed by atoms with Crippen molar-refractivity contribution >= 4 is 6.03 Å². The van der Waals surface area contributed by atoms with E-state index in [-0.39, 0.29) is 24.2 Å². The van der Waals surface area contributed by atoms with Crippen LogP contribution in [0.4, 0.5) is 4.79 Å². The molecule has 2 N–H and O–H groups in total. The van der Waals surface area contributed by atoms with Crippen LogP contribution in [0.5, 0.6) is 0 Å². The number of nitrogens with one attached hydrogen (secondary N) is 1. The van der Waals surface area contributed by atoms with E-state index in [1.54, 1.807) is 6.92 Å². The first-order valence-electron chi connectivity index (χ1n) is 5.76. The van der Waals surface area contributed by atoms with Crippen LogP contribution >= 0.6 is 0 Å². The van der Waals surface area contributed by atoms with Gasteiger partial charge in [0.1, 0.15) is 0 Å². The monoisotopic (exact) mass is 214 g/mol. The molecule has 0 aromatic carbocycles. The predicted octanol–water partition coefficient (Wildman–Crippen LogP) is 1.34. The van der Waals surface area contributed by atoms with Gasteiger partial charge in [-0.3, -0.25) is 0 Å². The van der Waals surface area contributed by atoms with Crippen molar-refractivity contribution in [1.82, 2.24) is 10.2 Å². The van der Waals surface area contributed by atoms with E-state index in [1.165, 1.54) is 0 Å². The highest BCUT2D eigenvalue weighted by atomic mass is 16.3. The molecule has 0 radical (unpaired) electrons. The molecule has 1 saturated heterocycles. The first-order valence-corrected chi connectivity index (χ1v) is 5.76. The van der Waals surface area contributed by atoms with Gasteiger partial charge in [-0.25, -0.2) is 4.79 Å². The molecule has 2 amide bonds. The van der Waals surface area contributed by atoms with E-state index in [0.29, 0.717) is 6.42 Å². The largest absolute Gasteiger partial charge is 0.393 e. The Labute approximate surface area is 91.6 Å². The number of nitrogens with zero attached hydrogens (tertiary/aromatic N) is 1. The smallest absolute Gasteiger partial charge is 0.317 e. The van der Waals surface area contributed by atoms with E-state index in [2.05, 4.69) is 5.32 Å². The Kier molecular flexibility index (Phi) is 4.39. The number of likely N-dealkylation sites (tertiary alicyclic amines) is 1. The summed E-state index contributed by atoms with van der Waals surface area (Å²) in [5.41, 5.74) is 0. The number of carbonyl (C=O) groups excluding carboxylic acids is 1. The first-order chi connectivity index (χ1) is 7.00. The van der Waals surface area contributed by atoms with Crippen LogP contribution in [0.3, 0.4) is 0 Å². The zero-order valence-electron chi connectivity index (χ0n) is 9.86. The molecule has 1 aliphatic heterocycles. The van der Waals surface area contributed by atoms with Gasteiger partial charge in [0.25, 0.3) is 0 Å². The van der Waals surface area contributed by atoms with Crippen LogP contribution < -0.4 is 5.32 Å². The fourth-order valence-corrected chi connectivity index (χ4v) is 2.07. The minimum Gasteiger partial charge on any atom is -0.393 e. The fraction of sp³-hybridized carbons (Fsp3) is 0.909. The zero-order valence-corrected chi connectivity index (χ0v) is 9.86. The summed E-state index contributed by atoms with van der Waals surface area (Å²) in [6.45, 7) is 6.50. The third kappa shape index (κ3) is 3.70. The Hall–Kier alpha value is -0.770. The normalized spacial score (nSPS) is 23.3. The van der Waals surface area contributed by atoms with Gasteiger partial charge in [-0.15, -0.1) is 0 Å². The van der Waals surface area contributed by atoms with Crippen LogP contribution in [-0.2, 0) is 0 Å². The lowest BCUT2D eigenvalue weighted by atomic mass is 10.1. The summed E-state index contributed by atoms with van der Waals surface area (Å²) in [4.78, 5) is 13.6. The van der Waals surface area contributed by atoms with Crippen molar-refractivity contribution in [2.45, 2.75) is 58.2 Å². The molecule has 1 aliphatic rings. The molecular formula is C11H22N2O2. The number of amides is 2. The first kappa shape index (κ1) is 12.3. The average Bonchev–Trinajstić information content (AvgIpc) is 2.49. The molecule has 0 aliphatic carbocycles. The van der Waals surface area contributed by atoms with E-state index in [1.807, 2.05) is 18.7 Å². The third-order valence-corrected chi connectivity index (χ3v) is 2.66. The van der Waals surface area contributed by atoms with Gasteiger partial charge in [0, 0.05) is 18.6 Å². The quantitative estimate of drug-likeness (QED) is 0.745. The molecule has 0 saturated carbocycles. The van der Waals surface area contributed by atoms with E-state index in [9.17, 15) is 9.90 Å². The maximum Gasteiger partial charge on any atom is 0.317 e. The molecule has 88 valence electrons. The summed E-state index contributed by atoms with van der Waals surface area (Å²) in [6.07, 6.45) is 2.41. The number of hydrogen-bond donors (Lipinski definition) is 2. The molecule has 1 fully saturated rings. The standard InChI is InChI=1S/C11H22N2O2/c1-8(2)12-11(15)13-6-4-5-10(13)7-9(3)14/h8-10,14H,4-7H2,1-3H3,(H,12,15). The second-order valence-electron chi connectivity index (χ2n) is 4.68. The third-order valence-electron chi connectivity index (χ3n) is 2.66. The Morgan fingerprint density at radius 3 is 2.73 bits per heavy atom. The minimum absolute atomic E-state index is 0.00755. The van der Waals surface area contributed by atoms with E-state index in [4.69, 9.17) is 0 Å². The number of aliphatic hydroxyl groups is 1. The van der Waals surface area contributed by atoms with Gasteiger partial charge >= 0.3 is 6.03 Å². The molecule has 2 atom stereocenters. The van der Waals surface area contributed by atoms with Crippen molar-refractivity contribution in [2.75, 3.05) is 6.54 Å². The van der Waals surface area contributed by atoms with Crippen LogP contribution in [-0.4, -0.2) is 40.8 Å². The summed E-state index contributed by atoms with van der Waals surface area (Å²) in [5.74, 6) is 0. The summed E-state index contributed by atoms with van der Waals surface area (Å²) in [5, 5.41) is 12.2. The van der Waals surface area contributed by atoms with Crippen molar-refractivity contribution < 1.29 is 9.90 Å². The molecule has 0 spiro atoms. The van der Waals surface area contributed by atoms with E-state index in [0.717, 1.165) is 19.4 Å². The van der Waals surface area contributed by atoms with Gasteiger partial charge in [-0.05, 0) is 40.0 Å². The topological polar surface area (TPSA) is 52.6 Å². The fourth-order valence-electron chi connectivity index (χ4n) is 2.07. The highest BCUT2D eigenvalue weighted by molar-refractivity contribution is 5.75. The number of hydrogen-bond acceptors (Lipinski definition) is 2. The van der Waals surface area contributed by atoms with Crippen molar-refractivity contribution in [3.63, 3.8) is 0 Å². The summed E-state index contributed by atoms with van der Waals surface area (Å²) < 4.78 is 0. The highest BCUT2D eigenvalue weighted by Crippen LogP contribution is 2.21. The molecule has 4 nitrogen and oxygen atoms in total. The van der Waals surface area contributed by atoms with Crippen LogP contribution in [0.25, 0.3) is 0 Å².